The summed E-state index contributed by atoms with van der Waals surface area (Å²) in [5.41, 5.74) is 1.37. The number of hydrogen-bond acceptors (Lipinski definition) is 3. The molecule has 0 unspecified atom stereocenters. The van der Waals surface area contributed by atoms with Gasteiger partial charge in [-0.1, -0.05) is 0 Å². The summed E-state index contributed by atoms with van der Waals surface area (Å²) in [5.74, 6) is -0.984. The third-order valence-electron chi connectivity index (χ3n) is 2.90. The van der Waals surface area contributed by atoms with Gasteiger partial charge in [0.25, 0.3) is 0 Å². The smallest absolute Gasteiger partial charge is 0.335 e. The maximum atomic E-state index is 11.7. The molecule has 0 aliphatic heterocycles. The van der Waals surface area contributed by atoms with Crippen molar-refractivity contribution in [2.45, 2.75) is 13.5 Å². The molecule has 110 valence electrons. The van der Waals surface area contributed by atoms with E-state index in [2.05, 4.69) is 15.7 Å². The monoisotopic (exact) mass is 288 g/mol. The third kappa shape index (κ3) is 4.07. The van der Waals surface area contributed by atoms with E-state index in [1.807, 2.05) is 12.3 Å². The summed E-state index contributed by atoms with van der Waals surface area (Å²) in [5, 5.41) is 18.3. The van der Waals surface area contributed by atoms with Crippen molar-refractivity contribution in [1.82, 2.24) is 15.1 Å². The Morgan fingerprint density at radius 1 is 1.38 bits per heavy atom. The molecule has 2 aromatic rings. The standard InChI is InChI=1S/C14H16N4O3/c1-10-9-11(3-4-12(10)13(19)20)17-14(21)15-6-8-18-7-2-5-16-18/h2-5,7,9H,6,8H2,1H3,(H,19,20)(H2,15,17,21). The molecule has 7 nitrogen and oxygen atoms in total. The lowest BCUT2D eigenvalue weighted by Gasteiger charge is -2.09. The normalized spacial score (nSPS) is 10.1. The van der Waals surface area contributed by atoms with E-state index in [1.165, 1.54) is 6.07 Å². The number of carbonyl (C=O) groups is 2. The van der Waals surface area contributed by atoms with Gasteiger partial charge in [0.15, 0.2) is 0 Å². The minimum absolute atomic E-state index is 0.222. The summed E-state index contributed by atoms with van der Waals surface area (Å²) in [6, 6.07) is 6.12. The molecule has 0 aliphatic carbocycles. The highest BCUT2D eigenvalue weighted by Gasteiger charge is 2.08. The van der Waals surface area contributed by atoms with Gasteiger partial charge in [0.2, 0.25) is 0 Å². The van der Waals surface area contributed by atoms with Crippen molar-refractivity contribution in [3.63, 3.8) is 0 Å². The summed E-state index contributed by atoms with van der Waals surface area (Å²) in [6.07, 6.45) is 3.49. The van der Waals surface area contributed by atoms with Crippen LogP contribution in [0.5, 0.6) is 0 Å². The predicted octanol–water partition coefficient (Wildman–Crippen LogP) is 1.71. The Balaban J connectivity index is 1.85. The van der Waals surface area contributed by atoms with E-state index in [9.17, 15) is 9.59 Å². The van der Waals surface area contributed by atoms with Crippen LogP contribution in [0.1, 0.15) is 15.9 Å². The van der Waals surface area contributed by atoms with Gasteiger partial charge in [-0.2, -0.15) is 5.10 Å². The van der Waals surface area contributed by atoms with Crippen molar-refractivity contribution in [3.05, 3.63) is 47.8 Å². The summed E-state index contributed by atoms with van der Waals surface area (Å²) in [6.45, 7) is 2.71. The Kier molecular flexibility index (Phi) is 4.55. The molecule has 0 spiro atoms. The molecular formula is C14H16N4O3. The molecule has 1 aromatic carbocycles. The molecule has 1 aromatic heterocycles. The number of amides is 2. The van der Waals surface area contributed by atoms with E-state index in [4.69, 9.17) is 5.11 Å². The lowest BCUT2D eigenvalue weighted by atomic mass is 10.1. The Bertz CT molecular complexity index is 638. The molecule has 1 heterocycles. The lowest BCUT2D eigenvalue weighted by molar-refractivity contribution is 0.0696. The first-order chi connectivity index (χ1) is 10.1. The van der Waals surface area contributed by atoms with Crippen LogP contribution in [0.4, 0.5) is 10.5 Å². The highest BCUT2D eigenvalue weighted by Crippen LogP contribution is 2.15. The van der Waals surface area contributed by atoms with E-state index in [0.29, 0.717) is 24.3 Å². The maximum absolute atomic E-state index is 11.7. The molecule has 0 atom stereocenters. The number of rotatable bonds is 5. The number of carboxylic acid groups (broad SMARTS) is 1. The van der Waals surface area contributed by atoms with Gasteiger partial charge >= 0.3 is 12.0 Å². The average Bonchev–Trinajstić information content (AvgIpc) is 2.91. The molecule has 21 heavy (non-hydrogen) atoms. The number of urea groups is 1. The number of aryl methyl sites for hydroxylation is 1. The molecular weight excluding hydrogens is 272 g/mol. The van der Waals surface area contributed by atoms with Gasteiger partial charge in [0.05, 0.1) is 12.1 Å². The molecule has 0 saturated heterocycles. The second-order valence-corrected chi connectivity index (χ2v) is 4.48. The van der Waals surface area contributed by atoms with E-state index in [0.717, 1.165) is 0 Å². The zero-order valence-electron chi connectivity index (χ0n) is 11.5. The van der Waals surface area contributed by atoms with E-state index < -0.39 is 5.97 Å². The summed E-state index contributed by atoms with van der Waals surface area (Å²) >= 11 is 0. The number of carbonyl (C=O) groups excluding carboxylic acids is 1. The first kappa shape index (κ1) is 14.6. The largest absolute Gasteiger partial charge is 0.478 e. The Morgan fingerprint density at radius 2 is 2.19 bits per heavy atom. The van der Waals surface area contributed by atoms with Crippen LogP contribution in [0.2, 0.25) is 0 Å². The van der Waals surface area contributed by atoms with Crippen molar-refractivity contribution in [1.29, 1.82) is 0 Å². The lowest BCUT2D eigenvalue weighted by Crippen LogP contribution is -2.31. The highest BCUT2D eigenvalue weighted by atomic mass is 16.4. The van der Waals surface area contributed by atoms with Gasteiger partial charge in [-0.25, -0.2) is 9.59 Å². The molecule has 2 rings (SSSR count). The van der Waals surface area contributed by atoms with Gasteiger partial charge < -0.3 is 15.7 Å². The topological polar surface area (TPSA) is 96.3 Å². The highest BCUT2D eigenvalue weighted by molar-refractivity contribution is 5.92. The molecule has 3 N–H and O–H groups in total. The van der Waals surface area contributed by atoms with Crippen LogP contribution >= 0.6 is 0 Å². The number of aromatic nitrogens is 2. The van der Waals surface area contributed by atoms with Crippen molar-refractivity contribution < 1.29 is 14.7 Å². The number of nitrogens with one attached hydrogen (secondary N) is 2. The van der Waals surface area contributed by atoms with E-state index in [1.54, 1.807) is 29.9 Å². The van der Waals surface area contributed by atoms with Gasteiger partial charge in [-0.05, 0) is 36.8 Å². The number of carboxylic acids is 1. The number of benzene rings is 1. The van der Waals surface area contributed by atoms with Crippen LogP contribution in [0, 0.1) is 6.92 Å². The van der Waals surface area contributed by atoms with E-state index >= 15 is 0 Å². The third-order valence-corrected chi connectivity index (χ3v) is 2.90. The molecule has 0 radical (unpaired) electrons. The van der Waals surface area contributed by atoms with Gasteiger partial charge in [0, 0.05) is 24.6 Å². The summed E-state index contributed by atoms with van der Waals surface area (Å²) in [4.78, 5) is 22.6. The van der Waals surface area contributed by atoms with Crippen LogP contribution in [-0.4, -0.2) is 33.4 Å². The molecule has 7 heteroatoms. The number of nitrogens with zero attached hydrogens (tertiary/aromatic N) is 2. The molecule has 0 bridgehead atoms. The summed E-state index contributed by atoms with van der Waals surface area (Å²) in [7, 11) is 0. The first-order valence-corrected chi connectivity index (χ1v) is 6.42. The second-order valence-electron chi connectivity index (χ2n) is 4.48. The Labute approximate surface area is 121 Å². The van der Waals surface area contributed by atoms with Crippen molar-refractivity contribution in [3.8, 4) is 0 Å². The SMILES string of the molecule is Cc1cc(NC(=O)NCCn2cccn2)ccc1C(=O)O. The molecule has 2 amide bonds. The fourth-order valence-corrected chi connectivity index (χ4v) is 1.87. The molecule has 0 fully saturated rings. The fraction of sp³-hybridized carbons (Fsp3) is 0.214. The van der Waals surface area contributed by atoms with E-state index in [-0.39, 0.29) is 11.6 Å². The molecule has 0 saturated carbocycles. The predicted molar refractivity (Wildman–Crippen MR) is 77.4 cm³/mol. The number of aromatic carboxylic acids is 1. The maximum Gasteiger partial charge on any atom is 0.335 e. The Morgan fingerprint density at radius 3 is 2.81 bits per heavy atom. The zero-order valence-corrected chi connectivity index (χ0v) is 11.5. The average molecular weight is 288 g/mol. The van der Waals surface area contributed by atoms with Crippen LogP contribution < -0.4 is 10.6 Å². The van der Waals surface area contributed by atoms with Crippen molar-refractivity contribution >= 4 is 17.7 Å². The minimum Gasteiger partial charge on any atom is -0.478 e. The van der Waals surface area contributed by atoms with Crippen molar-refractivity contribution in [2.75, 3.05) is 11.9 Å². The van der Waals surface area contributed by atoms with Crippen LogP contribution in [-0.2, 0) is 6.54 Å². The number of hydrogen-bond donors (Lipinski definition) is 3. The quantitative estimate of drug-likeness (QED) is 0.780. The van der Waals surface area contributed by atoms with Crippen LogP contribution in [0.25, 0.3) is 0 Å². The Hall–Kier alpha value is -2.83. The molecule has 0 aliphatic rings. The van der Waals surface area contributed by atoms with Gasteiger partial charge in [0.1, 0.15) is 0 Å². The van der Waals surface area contributed by atoms with Crippen LogP contribution in [0.3, 0.4) is 0 Å². The minimum atomic E-state index is -0.984. The zero-order chi connectivity index (χ0) is 15.2. The second kappa shape index (κ2) is 6.56. The van der Waals surface area contributed by atoms with Crippen LogP contribution in [0.15, 0.2) is 36.7 Å². The van der Waals surface area contributed by atoms with Crippen molar-refractivity contribution in [2.24, 2.45) is 0 Å². The van der Waals surface area contributed by atoms with Gasteiger partial charge in [-0.3, -0.25) is 4.68 Å². The van der Waals surface area contributed by atoms with Gasteiger partial charge in [-0.15, -0.1) is 0 Å². The number of anilines is 1. The summed E-state index contributed by atoms with van der Waals surface area (Å²) < 4.78 is 1.71. The fourth-order valence-electron chi connectivity index (χ4n) is 1.87. The first-order valence-electron chi connectivity index (χ1n) is 6.42.